The van der Waals surface area contributed by atoms with Crippen LogP contribution in [0.3, 0.4) is 0 Å². The first-order chi connectivity index (χ1) is 14.6. The zero-order chi connectivity index (χ0) is 20.9. The molecule has 2 heterocycles. The molecular weight excluding hydrogens is 419 g/mol. The summed E-state index contributed by atoms with van der Waals surface area (Å²) < 4.78 is 18.8. The second kappa shape index (κ2) is 10.8. The summed E-state index contributed by atoms with van der Waals surface area (Å²) in [6.45, 7) is 4.17. The second-order valence-electron chi connectivity index (χ2n) is 8.06. The molecule has 2 aliphatic heterocycles. The molecule has 0 aromatic heterocycles. The Hall–Kier alpha value is -2.28. The van der Waals surface area contributed by atoms with Crippen molar-refractivity contribution in [3.8, 4) is 0 Å². The SMILES string of the molecule is Cl.O=C(c1ccc(F)cc1)[C@@H]1CN(Cc2ccccc2)C[C@H]1C(=O)N1CCCOCC1. The highest BCUT2D eigenvalue weighted by molar-refractivity contribution is 6.01. The molecular formula is C24H28ClFN2O3. The average molecular weight is 447 g/mol. The molecule has 0 spiro atoms. The number of amides is 1. The Morgan fingerprint density at radius 1 is 0.935 bits per heavy atom. The molecule has 0 saturated carbocycles. The van der Waals surface area contributed by atoms with E-state index < -0.39 is 11.8 Å². The maximum absolute atomic E-state index is 13.4. The molecule has 2 atom stereocenters. The summed E-state index contributed by atoms with van der Waals surface area (Å²) in [6, 6.07) is 15.7. The van der Waals surface area contributed by atoms with Gasteiger partial charge in [0.1, 0.15) is 5.82 Å². The molecule has 0 N–H and O–H groups in total. The zero-order valence-corrected chi connectivity index (χ0v) is 18.2. The van der Waals surface area contributed by atoms with E-state index in [0.29, 0.717) is 51.5 Å². The lowest BCUT2D eigenvalue weighted by Gasteiger charge is -2.26. The largest absolute Gasteiger partial charge is 0.380 e. The Morgan fingerprint density at radius 2 is 1.65 bits per heavy atom. The number of carbonyl (C=O) groups excluding carboxylic acids is 2. The molecule has 0 unspecified atom stereocenters. The van der Waals surface area contributed by atoms with Gasteiger partial charge in [0.2, 0.25) is 5.91 Å². The van der Waals surface area contributed by atoms with E-state index in [1.165, 1.54) is 24.3 Å². The number of Topliss-reactive ketones (excluding diaryl/α,β-unsaturated/α-hetero) is 1. The van der Waals surface area contributed by atoms with Crippen LogP contribution in [0.4, 0.5) is 4.39 Å². The number of likely N-dealkylation sites (tertiary alicyclic amines) is 1. The number of carbonyl (C=O) groups is 2. The average Bonchev–Trinajstić information content (AvgIpc) is 2.99. The van der Waals surface area contributed by atoms with Gasteiger partial charge < -0.3 is 9.64 Å². The summed E-state index contributed by atoms with van der Waals surface area (Å²) in [6.07, 6.45) is 0.808. The van der Waals surface area contributed by atoms with Crippen LogP contribution >= 0.6 is 12.4 Å². The van der Waals surface area contributed by atoms with Gasteiger partial charge in [-0.3, -0.25) is 14.5 Å². The number of ketones is 1. The van der Waals surface area contributed by atoms with E-state index in [1.54, 1.807) is 0 Å². The normalized spacial score (nSPS) is 21.9. The summed E-state index contributed by atoms with van der Waals surface area (Å²) in [5.74, 6) is -1.27. The minimum Gasteiger partial charge on any atom is -0.380 e. The fourth-order valence-electron chi connectivity index (χ4n) is 4.40. The Balaban J connectivity index is 0.00000272. The molecule has 2 aromatic carbocycles. The first-order valence-electron chi connectivity index (χ1n) is 10.5. The van der Waals surface area contributed by atoms with Crippen LogP contribution in [0.5, 0.6) is 0 Å². The number of nitrogens with zero attached hydrogens (tertiary/aromatic N) is 2. The van der Waals surface area contributed by atoms with Gasteiger partial charge in [0, 0.05) is 50.8 Å². The van der Waals surface area contributed by atoms with Crippen LogP contribution in [0.2, 0.25) is 0 Å². The van der Waals surface area contributed by atoms with E-state index in [1.807, 2.05) is 23.1 Å². The van der Waals surface area contributed by atoms with Crippen LogP contribution in [-0.4, -0.2) is 60.9 Å². The minimum atomic E-state index is -0.434. The standard InChI is InChI=1S/C24H27FN2O3.ClH/c25-20-9-7-19(8-10-20)23(28)21-16-26(15-18-5-2-1-3-6-18)17-22(21)24(29)27-11-4-13-30-14-12-27;/h1-3,5-10,21-22H,4,11-17H2;1H/t21-,22-;/m1./s1. The number of halogens is 2. The van der Waals surface area contributed by atoms with Crippen molar-refractivity contribution >= 4 is 24.1 Å². The van der Waals surface area contributed by atoms with Gasteiger partial charge in [-0.2, -0.15) is 0 Å². The van der Waals surface area contributed by atoms with E-state index in [9.17, 15) is 14.0 Å². The van der Waals surface area contributed by atoms with E-state index in [0.717, 1.165) is 12.0 Å². The first-order valence-corrected chi connectivity index (χ1v) is 10.5. The smallest absolute Gasteiger partial charge is 0.227 e. The highest BCUT2D eigenvalue weighted by Crippen LogP contribution is 2.30. The van der Waals surface area contributed by atoms with E-state index in [2.05, 4.69) is 17.0 Å². The van der Waals surface area contributed by atoms with Crippen LogP contribution in [0, 0.1) is 17.7 Å². The maximum atomic E-state index is 13.4. The van der Waals surface area contributed by atoms with Gasteiger partial charge >= 0.3 is 0 Å². The van der Waals surface area contributed by atoms with Crippen molar-refractivity contribution < 1.29 is 18.7 Å². The van der Waals surface area contributed by atoms with Crippen LogP contribution in [0.25, 0.3) is 0 Å². The topological polar surface area (TPSA) is 49.9 Å². The summed E-state index contributed by atoms with van der Waals surface area (Å²) in [4.78, 5) is 30.7. The van der Waals surface area contributed by atoms with Gasteiger partial charge in [0.25, 0.3) is 0 Å². The highest BCUT2D eigenvalue weighted by atomic mass is 35.5. The van der Waals surface area contributed by atoms with Gasteiger partial charge in [0.05, 0.1) is 12.5 Å². The van der Waals surface area contributed by atoms with Gasteiger partial charge in [-0.15, -0.1) is 12.4 Å². The number of ether oxygens (including phenoxy) is 1. The molecule has 31 heavy (non-hydrogen) atoms. The van der Waals surface area contributed by atoms with Gasteiger partial charge in [-0.05, 0) is 36.2 Å². The predicted octanol–water partition coefficient (Wildman–Crippen LogP) is 3.43. The first kappa shape index (κ1) is 23.4. The third-order valence-corrected chi connectivity index (χ3v) is 5.96. The third-order valence-electron chi connectivity index (χ3n) is 5.96. The summed E-state index contributed by atoms with van der Waals surface area (Å²) in [5, 5.41) is 0. The lowest BCUT2D eigenvalue weighted by Crippen LogP contribution is -2.42. The Morgan fingerprint density at radius 3 is 2.39 bits per heavy atom. The van der Waals surface area contributed by atoms with Crippen molar-refractivity contribution in [1.29, 1.82) is 0 Å². The van der Waals surface area contributed by atoms with E-state index >= 15 is 0 Å². The van der Waals surface area contributed by atoms with Crippen molar-refractivity contribution in [2.24, 2.45) is 11.8 Å². The van der Waals surface area contributed by atoms with Gasteiger partial charge in [-0.25, -0.2) is 4.39 Å². The lowest BCUT2D eigenvalue weighted by atomic mass is 9.87. The molecule has 0 radical (unpaired) electrons. The highest BCUT2D eigenvalue weighted by Gasteiger charge is 2.43. The molecule has 2 aromatic rings. The molecule has 2 aliphatic rings. The maximum Gasteiger partial charge on any atom is 0.227 e. The Labute approximate surface area is 188 Å². The third kappa shape index (κ3) is 5.70. The number of rotatable bonds is 5. The second-order valence-corrected chi connectivity index (χ2v) is 8.06. The Kier molecular flexibility index (Phi) is 8.18. The molecule has 7 heteroatoms. The summed E-state index contributed by atoms with van der Waals surface area (Å²) >= 11 is 0. The van der Waals surface area contributed by atoms with E-state index in [-0.39, 0.29) is 29.9 Å². The number of hydrogen-bond donors (Lipinski definition) is 0. The van der Waals surface area contributed by atoms with Crippen molar-refractivity contribution in [2.45, 2.75) is 13.0 Å². The molecule has 2 saturated heterocycles. The summed E-state index contributed by atoms with van der Waals surface area (Å²) in [7, 11) is 0. The van der Waals surface area contributed by atoms with Crippen LogP contribution in [0.1, 0.15) is 22.3 Å². The summed E-state index contributed by atoms with van der Waals surface area (Å²) in [5.41, 5.74) is 1.61. The molecule has 1 amide bonds. The van der Waals surface area contributed by atoms with E-state index in [4.69, 9.17) is 4.74 Å². The molecule has 0 bridgehead atoms. The fourth-order valence-corrected chi connectivity index (χ4v) is 4.40. The molecule has 5 nitrogen and oxygen atoms in total. The fraction of sp³-hybridized carbons (Fsp3) is 0.417. The number of benzene rings is 2. The van der Waals surface area contributed by atoms with Crippen LogP contribution < -0.4 is 0 Å². The number of hydrogen-bond acceptors (Lipinski definition) is 4. The Bertz CT molecular complexity index is 870. The van der Waals surface area contributed by atoms with Gasteiger partial charge in [-0.1, -0.05) is 30.3 Å². The van der Waals surface area contributed by atoms with Crippen LogP contribution in [0.15, 0.2) is 54.6 Å². The monoisotopic (exact) mass is 446 g/mol. The molecule has 0 aliphatic carbocycles. The quantitative estimate of drug-likeness (QED) is 0.660. The van der Waals surface area contributed by atoms with Crippen molar-refractivity contribution in [3.63, 3.8) is 0 Å². The zero-order valence-electron chi connectivity index (χ0n) is 17.4. The van der Waals surface area contributed by atoms with Gasteiger partial charge in [0.15, 0.2) is 5.78 Å². The lowest BCUT2D eigenvalue weighted by molar-refractivity contribution is -0.136. The van der Waals surface area contributed by atoms with Crippen molar-refractivity contribution in [2.75, 3.05) is 39.4 Å². The van der Waals surface area contributed by atoms with Crippen molar-refractivity contribution in [1.82, 2.24) is 9.80 Å². The molecule has 4 rings (SSSR count). The van der Waals surface area contributed by atoms with Crippen molar-refractivity contribution in [3.05, 3.63) is 71.5 Å². The predicted molar refractivity (Wildman–Crippen MR) is 119 cm³/mol. The van der Waals surface area contributed by atoms with Crippen LogP contribution in [-0.2, 0) is 16.1 Å². The minimum absolute atomic E-state index is 0. The molecule has 2 fully saturated rings. The molecule has 166 valence electrons.